The van der Waals surface area contributed by atoms with E-state index in [1.807, 2.05) is 6.92 Å². The van der Waals surface area contributed by atoms with Crippen LogP contribution in [-0.4, -0.2) is 35.4 Å². The zero-order valence-corrected chi connectivity index (χ0v) is 12.3. The molecule has 1 saturated carbocycles. The lowest BCUT2D eigenvalue weighted by Gasteiger charge is -2.34. The van der Waals surface area contributed by atoms with E-state index in [-0.39, 0.29) is 18.0 Å². The minimum absolute atomic E-state index is 0.0653. The first-order valence-electron chi connectivity index (χ1n) is 7.73. The van der Waals surface area contributed by atoms with Crippen LogP contribution in [0.1, 0.15) is 51.0 Å². The van der Waals surface area contributed by atoms with Crippen molar-refractivity contribution in [3.63, 3.8) is 0 Å². The number of amides is 1. The highest BCUT2D eigenvalue weighted by atomic mass is 16.5. The van der Waals surface area contributed by atoms with Crippen LogP contribution >= 0.6 is 0 Å². The van der Waals surface area contributed by atoms with Crippen molar-refractivity contribution in [2.75, 3.05) is 18.5 Å². The fraction of sp³-hybridized carbons (Fsp3) is 0.786. The average molecular weight is 294 g/mol. The molecule has 1 saturated heterocycles. The van der Waals surface area contributed by atoms with Gasteiger partial charge in [0.2, 0.25) is 11.8 Å². The summed E-state index contributed by atoms with van der Waals surface area (Å²) in [5.74, 6) is 0.896. The van der Waals surface area contributed by atoms with Crippen LogP contribution in [0.15, 0.2) is 4.42 Å². The molecule has 7 nitrogen and oxygen atoms in total. The van der Waals surface area contributed by atoms with Gasteiger partial charge in [0.05, 0.1) is 12.1 Å². The lowest BCUT2D eigenvalue weighted by molar-refractivity contribution is -0.119. The van der Waals surface area contributed by atoms with Gasteiger partial charge in [0.25, 0.3) is 0 Å². The molecule has 0 radical (unpaired) electrons. The number of aromatic nitrogens is 2. The Morgan fingerprint density at radius 2 is 2.33 bits per heavy atom. The SMILES string of the molecule is CCOC1CC(CC(=O)Nc2nnc(C3CCCN3)o2)C1. The van der Waals surface area contributed by atoms with Crippen LogP contribution in [0, 0.1) is 5.92 Å². The third-order valence-corrected chi connectivity index (χ3v) is 4.11. The Hall–Kier alpha value is -1.47. The third-order valence-electron chi connectivity index (χ3n) is 4.11. The Morgan fingerprint density at radius 3 is 3.05 bits per heavy atom. The Balaban J connectivity index is 1.43. The Morgan fingerprint density at radius 1 is 1.48 bits per heavy atom. The summed E-state index contributed by atoms with van der Waals surface area (Å²) in [4.78, 5) is 11.9. The molecule has 0 spiro atoms. The molecule has 1 atom stereocenters. The van der Waals surface area contributed by atoms with Gasteiger partial charge in [-0.15, -0.1) is 5.10 Å². The number of carbonyl (C=O) groups is 1. The van der Waals surface area contributed by atoms with Crippen LogP contribution in [0.2, 0.25) is 0 Å². The Labute approximate surface area is 123 Å². The number of ether oxygens (including phenoxy) is 1. The van der Waals surface area contributed by atoms with Gasteiger partial charge in [-0.1, -0.05) is 5.10 Å². The van der Waals surface area contributed by atoms with Gasteiger partial charge in [0.15, 0.2) is 0 Å². The highest BCUT2D eigenvalue weighted by molar-refractivity contribution is 5.88. The van der Waals surface area contributed by atoms with Gasteiger partial charge >= 0.3 is 6.01 Å². The molecule has 1 aliphatic heterocycles. The van der Waals surface area contributed by atoms with Gasteiger partial charge in [0, 0.05) is 13.0 Å². The van der Waals surface area contributed by atoms with Crippen molar-refractivity contribution in [2.45, 2.75) is 51.2 Å². The monoisotopic (exact) mass is 294 g/mol. The molecule has 3 rings (SSSR count). The zero-order chi connectivity index (χ0) is 14.7. The molecule has 2 aliphatic rings. The van der Waals surface area contributed by atoms with E-state index in [1.54, 1.807) is 0 Å². The van der Waals surface area contributed by atoms with Gasteiger partial charge in [0.1, 0.15) is 0 Å². The second-order valence-electron chi connectivity index (χ2n) is 5.76. The molecule has 116 valence electrons. The first kappa shape index (κ1) is 14.5. The molecule has 2 N–H and O–H groups in total. The van der Waals surface area contributed by atoms with Crippen LogP contribution in [-0.2, 0) is 9.53 Å². The number of rotatable bonds is 6. The molecular formula is C14H22N4O3. The van der Waals surface area contributed by atoms with Crippen LogP contribution in [0.5, 0.6) is 0 Å². The van der Waals surface area contributed by atoms with Crippen molar-refractivity contribution in [1.29, 1.82) is 0 Å². The lowest BCUT2D eigenvalue weighted by Crippen LogP contribution is -2.33. The van der Waals surface area contributed by atoms with E-state index in [0.29, 0.717) is 24.3 Å². The predicted octanol–water partition coefficient (Wildman–Crippen LogP) is 1.64. The molecule has 1 unspecified atom stereocenters. The lowest BCUT2D eigenvalue weighted by atomic mass is 9.80. The average Bonchev–Trinajstić information content (AvgIpc) is 3.06. The van der Waals surface area contributed by atoms with E-state index in [4.69, 9.17) is 9.15 Å². The highest BCUT2D eigenvalue weighted by Crippen LogP contribution is 2.33. The van der Waals surface area contributed by atoms with Crippen molar-refractivity contribution >= 4 is 11.9 Å². The number of nitrogens with one attached hydrogen (secondary N) is 2. The maximum atomic E-state index is 11.9. The molecule has 2 fully saturated rings. The number of anilines is 1. The third kappa shape index (κ3) is 3.59. The van der Waals surface area contributed by atoms with Crippen molar-refractivity contribution in [2.24, 2.45) is 5.92 Å². The Bertz CT molecular complexity index is 478. The number of hydrogen-bond acceptors (Lipinski definition) is 6. The summed E-state index contributed by atoms with van der Waals surface area (Å²) in [5.41, 5.74) is 0. The maximum Gasteiger partial charge on any atom is 0.322 e. The molecule has 2 heterocycles. The fourth-order valence-electron chi connectivity index (χ4n) is 2.97. The minimum Gasteiger partial charge on any atom is -0.406 e. The summed E-state index contributed by atoms with van der Waals surface area (Å²) < 4.78 is 11.0. The summed E-state index contributed by atoms with van der Waals surface area (Å²) >= 11 is 0. The number of carbonyl (C=O) groups excluding carboxylic acids is 1. The summed E-state index contributed by atoms with van der Waals surface area (Å²) in [5, 5.41) is 13.8. The largest absolute Gasteiger partial charge is 0.406 e. The van der Waals surface area contributed by atoms with Crippen molar-refractivity contribution in [3.8, 4) is 0 Å². The van der Waals surface area contributed by atoms with Gasteiger partial charge in [-0.2, -0.15) is 0 Å². The van der Waals surface area contributed by atoms with E-state index < -0.39 is 0 Å². The van der Waals surface area contributed by atoms with E-state index in [0.717, 1.165) is 38.8 Å². The molecular weight excluding hydrogens is 272 g/mol. The van der Waals surface area contributed by atoms with E-state index >= 15 is 0 Å². The zero-order valence-electron chi connectivity index (χ0n) is 12.3. The summed E-state index contributed by atoms with van der Waals surface area (Å²) in [6.07, 6.45) is 4.85. The summed E-state index contributed by atoms with van der Waals surface area (Å²) in [6, 6.07) is 0.325. The number of nitrogens with zero attached hydrogens (tertiary/aromatic N) is 2. The molecule has 7 heteroatoms. The van der Waals surface area contributed by atoms with Crippen molar-refractivity contribution in [1.82, 2.24) is 15.5 Å². The minimum atomic E-state index is -0.0653. The van der Waals surface area contributed by atoms with Crippen LogP contribution < -0.4 is 10.6 Å². The Kier molecular flexibility index (Phi) is 4.50. The standard InChI is InChI=1S/C14H22N4O3/c1-2-20-10-6-9(7-10)8-12(19)16-14-18-17-13(21-14)11-4-3-5-15-11/h9-11,15H,2-8H2,1H3,(H,16,18,19). The predicted molar refractivity (Wildman–Crippen MR) is 75.7 cm³/mol. The van der Waals surface area contributed by atoms with Crippen molar-refractivity contribution in [3.05, 3.63) is 5.89 Å². The first-order chi connectivity index (χ1) is 10.2. The quantitative estimate of drug-likeness (QED) is 0.829. The second-order valence-corrected chi connectivity index (χ2v) is 5.76. The second kappa shape index (κ2) is 6.53. The van der Waals surface area contributed by atoms with Gasteiger partial charge in [-0.3, -0.25) is 10.1 Å². The summed E-state index contributed by atoms with van der Waals surface area (Å²) in [7, 11) is 0. The molecule has 1 aliphatic carbocycles. The molecule has 21 heavy (non-hydrogen) atoms. The highest BCUT2D eigenvalue weighted by Gasteiger charge is 2.31. The van der Waals surface area contributed by atoms with Crippen molar-refractivity contribution < 1.29 is 13.9 Å². The maximum absolute atomic E-state index is 11.9. The first-order valence-corrected chi connectivity index (χ1v) is 7.73. The van der Waals surface area contributed by atoms with Gasteiger partial charge in [-0.05, 0) is 45.1 Å². The van der Waals surface area contributed by atoms with Crippen LogP contribution in [0.4, 0.5) is 6.01 Å². The van der Waals surface area contributed by atoms with Gasteiger partial charge < -0.3 is 14.5 Å². The van der Waals surface area contributed by atoms with Crippen LogP contribution in [0.25, 0.3) is 0 Å². The van der Waals surface area contributed by atoms with E-state index in [9.17, 15) is 4.79 Å². The smallest absolute Gasteiger partial charge is 0.322 e. The molecule has 1 aromatic heterocycles. The van der Waals surface area contributed by atoms with Crippen LogP contribution in [0.3, 0.4) is 0 Å². The topological polar surface area (TPSA) is 89.3 Å². The number of hydrogen-bond donors (Lipinski definition) is 2. The summed E-state index contributed by atoms with van der Waals surface area (Å²) in [6.45, 7) is 3.70. The van der Waals surface area contributed by atoms with Gasteiger partial charge in [-0.25, -0.2) is 0 Å². The molecule has 0 aromatic carbocycles. The van der Waals surface area contributed by atoms with E-state index in [2.05, 4.69) is 20.8 Å². The van der Waals surface area contributed by atoms with E-state index in [1.165, 1.54) is 0 Å². The molecule has 1 aromatic rings. The molecule has 1 amide bonds. The molecule has 0 bridgehead atoms. The fourth-order valence-corrected chi connectivity index (χ4v) is 2.97. The normalized spacial score (nSPS) is 28.3.